The molecule has 2 heterocycles. The Labute approximate surface area is 161 Å². The first kappa shape index (κ1) is 18.9. The fourth-order valence-electron chi connectivity index (χ4n) is 2.37. The lowest BCUT2D eigenvalue weighted by molar-refractivity contribution is -0.118. The molecule has 0 saturated heterocycles. The van der Waals surface area contributed by atoms with Crippen LogP contribution in [-0.4, -0.2) is 40.0 Å². The predicted molar refractivity (Wildman–Crippen MR) is 103 cm³/mol. The van der Waals surface area contributed by atoms with E-state index in [9.17, 15) is 4.79 Å². The molecule has 8 heteroatoms. The highest BCUT2D eigenvalue weighted by atomic mass is 32.2. The Balaban J connectivity index is 1.38. The van der Waals surface area contributed by atoms with Crippen molar-refractivity contribution >= 4 is 17.7 Å². The van der Waals surface area contributed by atoms with E-state index < -0.39 is 0 Å². The maximum Gasteiger partial charge on any atom is 0.277 e. The molecular formula is C19H20N4O3S. The molecule has 0 aliphatic rings. The van der Waals surface area contributed by atoms with Gasteiger partial charge in [0.05, 0.1) is 17.9 Å². The van der Waals surface area contributed by atoms with E-state index >= 15 is 0 Å². The van der Waals surface area contributed by atoms with Crippen molar-refractivity contribution < 1.29 is 13.9 Å². The van der Waals surface area contributed by atoms with Crippen LogP contribution in [0, 0.1) is 13.8 Å². The molecule has 3 aromatic rings. The minimum atomic E-state index is -0.120. The molecule has 0 saturated carbocycles. The van der Waals surface area contributed by atoms with Crippen LogP contribution in [-0.2, 0) is 4.79 Å². The number of amides is 1. The number of hydrogen-bond donors (Lipinski definition) is 1. The van der Waals surface area contributed by atoms with Gasteiger partial charge in [-0.25, -0.2) is 0 Å². The minimum absolute atomic E-state index is 0.120. The molecule has 0 aliphatic carbocycles. The van der Waals surface area contributed by atoms with Crippen molar-refractivity contribution in [1.82, 2.24) is 20.5 Å². The first-order chi connectivity index (χ1) is 13.1. The van der Waals surface area contributed by atoms with Gasteiger partial charge in [-0.3, -0.25) is 9.78 Å². The van der Waals surface area contributed by atoms with Crippen molar-refractivity contribution in [3.05, 3.63) is 53.9 Å². The summed E-state index contributed by atoms with van der Waals surface area (Å²) in [6.45, 7) is 4.88. The smallest absolute Gasteiger partial charge is 0.277 e. The summed E-state index contributed by atoms with van der Waals surface area (Å²) in [5.41, 5.74) is 3.01. The van der Waals surface area contributed by atoms with Gasteiger partial charge in [-0.2, -0.15) is 0 Å². The van der Waals surface area contributed by atoms with Crippen molar-refractivity contribution in [2.24, 2.45) is 0 Å². The van der Waals surface area contributed by atoms with Gasteiger partial charge in [0, 0.05) is 12.4 Å². The predicted octanol–water partition coefficient (Wildman–Crippen LogP) is 3.04. The van der Waals surface area contributed by atoms with Gasteiger partial charge in [0.2, 0.25) is 11.8 Å². The van der Waals surface area contributed by atoms with Gasteiger partial charge in [0.1, 0.15) is 12.4 Å². The maximum atomic E-state index is 11.9. The molecule has 0 spiro atoms. The molecule has 1 aromatic carbocycles. The second kappa shape index (κ2) is 9.18. The molecule has 0 radical (unpaired) electrons. The number of nitrogens with one attached hydrogen (secondary N) is 1. The summed E-state index contributed by atoms with van der Waals surface area (Å²) in [5.74, 6) is 1.29. The van der Waals surface area contributed by atoms with Gasteiger partial charge < -0.3 is 14.5 Å². The molecule has 2 aromatic heterocycles. The van der Waals surface area contributed by atoms with E-state index in [2.05, 4.69) is 26.6 Å². The number of carbonyl (C=O) groups excluding carboxylic acids is 1. The monoisotopic (exact) mass is 384 g/mol. The van der Waals surface area contributed by atoms with E-state index in [4.69, 9.17) is 9.15 Å². The van der Waals surface area contributed by atoms with E-state index in [1.54, 1.807) is 18.5 Å². The fraction of sp³-hybridized carbons (Fsp3) is 0.263. The molecule has 27 heavy (non-hydrogen) atoms. The van der Waals surface area contributed by atoms with Crippen LogP contribution in [0.5, 0.6) is 5.75 Å². The normalized spacial score (nSPS) is 10.6. The second-order valence-corrected chi connectivity index (χ2v) is 6.80. The van der Waals surface area contributed by atoms with Crippen LogP contribution in [0.15, 0.2) is 52.4 Å². The highest BCUT2D eigenvalue weighted by molar-refractivity contribution is 7.99. The van der Waals surface area contributed by atoms with E-state index in [-0.39, 0.29) is 11.7 Å². The van der Waals surface area contributed by atoms with Crippen molar-refractivity contribution in [3.63, 3.8) is 0 Å². The number of aromatic nitrogens is 3. The van der Waals surface area contributed by atoms with Gasteiger partial charge in [0.15, 0.2) is 0 Å². The topological polar surface area (TPSA) is 90.1 Å². The highest BCUT2D eigenvalue weighted by Crippen LogP contribution is 2.22. The van der Waals surface area contributed by atoms with E-state index in [1.807, 2.05) is 32.0 Å². The molecule has 0 fully saturated rings. The molecule has 0 bridgehead atoms. The number of hydrogen-bond acceptors (Lipinski definition) is 7. The quantitative estimate of drug-likeness (QED) is 0.471. The zero-order valence-electron chi connectivity index (χ0n) is 15.1. The molecule has 0 aliphatic heterocycles. The van der Waals surface area contributed by atoms with Crippen LogP contribution in [0.2, 0.25) is 0 Å². The molecule has 1 amide bonds. The summed E-state index contributed by atoms with van der Waals surface area (Å²) < 4.78 is 11.2. The number of aryl methyl sites for hydroxylation is 2. The SMILES string of the molecule is Cc1ccc(OCCNC(=O)CSc2nnc(-c3cccnc3)o2)c(C)c1. The van der Waals surface area contributed by atoms with Gasteiger partial charge in [-0.15, -0.1) is 10.2 Å². The second-order valence-electron chi connectivity index (χ2n) is 5.87. The number of benzene rings is 1. The summed E-state index contributed by atoms with van der Waals surface area (Å²) in [6.07, 6.45) is 3.31. The van der Waals surface area contributed by atoms with Crippen molar-refractivity contribution in [2.75, 3.05) is 18.9 Å². The Hall–Kier alpha value is -2.87. The molecular weight excluding hydrogens is 364 g/mol. The lowest BCUT2D eigenvalue weighted by Crippen LogP contribution is -2.29. The zero-order valence-corrected chi connectivity index (χ0v) is 16.0. The van der Waals surface area contributed by atoms with E-state index in [0.717, 1.165) is 16.9 Å². The van der Waals surface area contributed by atoms with Crippen molar-refractivity contribution in [3.8, 4) is 17.2 Å². The number of carbonyl (C=O) groups is 1. The lowest BCUT2D eigenvalue weighted by Gasteiger charge is -2.10. The number of thioether (sulfide) groups is 1. The van der Waals surface area contributed by atoms with Crippen LogP contribution in [0.25, 0.3) is 11.5 Å². The largest absolute Gasteiger partial charge is 0.491 e. The van der Waals surface area contributed by atoms with Crippen molar-refractivity contribution in [2.45, 2.75) is 19.1 Å². The Bertz CT molecular complexity index is 899. The zero-order chi connectivity index (χ0) is 19.1. The van der Waals surface area contributed by atoms with Gasteiger partial charge in [-0.1, -0.05) is 29.5 Å². The summed E-state index contributed by atoms with van der Waals surface area (Å²) in [4.78, 5) is 15.9. The van der Waals surface area contributed by atoms with Crippen LogP contribution in [0.1, 0.15) is 11.1 Å². The third-order valence-corrected chi connectivity index (χ3v) is 4.47. The Kier molecular flexibility index (Phi) is 6.43. The molecule has 3 rings (SSSR count). The molecule has 0 atom stereocenters. The van der Waals surface area contributed by atoms with Crippen LogP contribution in [0.3, 0.4) is 0 Å². The lowest BCUT2D eigenvalue weighted by atomic mass is 10.1. The first-order valence-electron chi connectivity index (χ1n) is 8.45. The standard InChI is InChI=1S/C19H20N4O3S/c1-13-5-6-16(14(2)10-13)25-9-8-21-17(24)12-27-19-23-22-18(26-19)15-4-3-7-20-11-15/h3-7,10-11H,8-9,12H2,1-2H3,(H,21,24). The Morgan fingerprint density at radius 3 is 2.93 bits per heavy atom. The molecule has 140 valence electrons. The molecule has 0 unspecified atom stereocenters. The third-order valence-electron chi connectivity index (χ3n) is 3.65. The van der Waals surface area contributed by atoms with Crippen LogP contribution in [0.4, 0.5) is 0 Å². The van der Waals surface area contributed by atoms with E-state index in [0.29, 0.717) is 24.3 Å². The summed E-state index contributed by atoms with van der Waals surface area (Å²) in [5, 5.41) is 11.0. The van der Waals surface area contributed by atoms with Crippen molar-refractivity contribution in [1.29, 1.82) is 0 Å². The van der Waals surface area contributed by atoms with Gasteiger partial charge >= 0.3 is 0 Å². The third kappa shape index (κ3) is 5.55. The van der Waals surface area contributed by atoms with Gasteiger partial charge in [-0.05, 0) is 37.6 Å². The minimum Gasteiger partial charge on any atom is -0.491 e. The number of rotatable bonds is 8. The summed E-state index contributed by atoms with van der Waals surface area (Å²) >= 11 is 1.19. The highest BCUT2D eigenvalue weighted by Gasteiger charge is 2.11. The average Bonchev–Trinajstić information content (AvgIpc) is 3.15. The average molecular weight is 384 g/mol. The Morgan fingerprint density at radius 1 is 1.26 bits per heavy atom. The maximum absolute atomic E-state index is 11.9. The Morgan fingerprint density at radius 2 is 2.15 bits per heavy atom. The summed E-state index contributed by atoms with van der Waals surface area (Å²) in [6, 6.07) is 9.63. The molecule has 7 nitrogen and oxygen atoms in total. The number of ether oxygens (including phenoxy) is 1. The van der Waals surface area contributed by atoms with Gasteiger partial charge in [0.25, 0.3) is 5.22 Å². The summed E-state index contributed by atoms with van der Waals surface area (Å²) in [7, 11) is 0. The first-order valence-corrected chi connectivity index (χ1v) is 9.44. The fourth-order valence-corrected chi connectivity index (χ4v) is 2.96. The number of nitrogens with zero attached hydrogens (tertiary/aromatic N) is 3. The van der Waals surface area contributed by atoms with Crippen LogP contribution >= 0.6 is 11.8 Å². The van der Waals surface area contributed by atoms with Crippen LogP contribution < -0.4 is 10.1 Å². The van der Waals surface area contributed by atoms with E-state index in [1.165, 1.54) is 17.3 Å². The number of pyridine rings is 1. The molecule has 1 N–H and O–H groups in total.